The van der Waals surface area contributed by atoms with E-state index in [4.69, 9.17) is 16.0 Å². The van der Waals surface area contributed by atoms with E-state index in [1.54, 1.807) is 24.6 Å². The molecule has 3 aromatic rings. The van der Waals surface area contributed by atoms with Gasteiger partial charge in [-0.15, -0.1) is 0 Å². The van der Waals surface area contributed by atoms with E-state index in [1.165, 1.54) is 0 Å². The molecule has 4 rings (SSSR count). The topological polar surface area (TPSA) is 75.0 Å². The Hall–Kier alpha value is -2.44. The molecule has 0 unspecified atom stereocenters. The van der Waals surface area contributed by atoms with Crippen molar-refractivity contribution in [3.63, 3.8) is 0 Å². The number of nitrogens with zero attached hydrogens (tertiary/aromatic N) is 3. The summed E-state index contributed by atoms with van der Waals surface area (Å²) in [4.78, 5) is 26.1. The van der Waals surface area contributed by atoms with Gasteiger partial charge in [0.1, 0.15) is 5.15 Å². The Morgan fingerprint density at radius 1 is 1.33 bits per heavy atom. The van der Waals surface area contributed by atoms with Crippen LogP contribution in [0.3, 0.4) is 0 Å². The largest absolute Gasteiger partial charge is 0.461 e. The monoisotopic (exact) mass is 342 g/mol. The van der Waals surface area contributed by atoms with Crippen LogP contribution in [0.2, 0.25) is 5.15 Å². The van der Waals surface area contributed by atoms with E-state index in [0.29, 0.717) is 41.8 Å². The molecule has 1 aliphatic heterocycles. The van der Waals surface area contributed by atoms with Crippen molar-refractivity contribution < 1.29 is 4.42 Å². The summed E-state index contributed by atoms with van der Waals surface area (Å²) in [6.45, 7) is 2.01. The lowest BCUT2D eigenvalue weighted by molar-refractivity contribution is 0.241. The number of furan rings is 1. The van der Waals surface area contributed by atoms with Crippen molar-refractivity contribution in [2.75, 3.05) is 6.54 Å². The normalized spacial score (nSPS) is 14.5. The summed E-state index contributed by atoms with van der Waals surface area (Å²) >= 11 is 6.12. The summed E-state index contributed by atoms with van der Waals surface area (Å²) in [6, 6.07) is 7.37. The van der Waals surface area contributed by atoms with Crippen molar-refractivity contribution in [1.82, 2.24) is 19.9 Å². The molecule has 6 nitrogen and oxygen atoms in total. The van der Waals surface area contributed by atoms with Crippen molar-refractivity contribution in [3.05, 3.63) is 69.1 Å². The Labute approximate surface area is 143 Å². The number of pyridine rings is 1. The van der Waals surface area contributed by atoms with Gasteiger partial charge in [0.15, 0.2) is 11.6 Å². The molecule has 0 radical (unpaired) electrons. The van der Waals surface area contributed by atoms with Gasteiger partial charge in [-0.3, -0.25) is 9.69 Å². The average Bonchev–Trinajstić information content (AvgIpc) is 3.12. The first-order valence-electron chi connectivity index (χ1n) is 7.68. The number of H-pyrrole nitrogens is 1. The van der Waals surface area contributed by atoms with Crippen molar-refractivity contribution in [2.24, 2.45) is 0 Å². The molecule has 1 N–H and O–H groups in total. The second-order valence-electron chi connectivity index (χ2n) is 5.73. The highest BCUT2D eigenvalue weighted by molar-refractivity contribution is 6.30. The minimum atomic E-state index is -0.117. The molecule has 1 aliphatic rings. The predicted octanol–water partition coefficient (Wildman–Crippen LogP) is 2.64. The van der Waals surface area contributed by atoms with E-state index in [-0.39, 0.29) is 5.56 Å². The third-order valence-electron chi connectivity index (χ3n) is 4.13. The highest BCUT2D eigenvalue weighted by Gasteiger charge is 2.22. The highest BCUT2D eigenvalue weighted by atomic mass is 35.5. The molecule has 0 bridgehead atoms. The van der Waals surface area contributed by atoms with Crippen LogP contribution in [0, 0.1) is 0 Å². The first-order chi connectivity index (χ1) is 11.7. The lowest BCUT2D eigenvalue weighted by Crippen LogP contribution is -2.35. The summed E-state index contributed by atoms with van der Waals surface area (Å²) in [7, 11) is 0. The molecule has 0 saturated heterocycles. The number of halogens is 1. The number of aromatic amines is 1. The summed E-state index contributed by atoms with van der Waals surface area (Å²) < 4.78 is 5.31. The van der Waals surface area contributed by atoms with E-state index in [2.05, 4.69) is 19.9 Å². The highest BCUT2D eigenvalue weighted by Crippen LogP contribution is 2.21. The fraction of sp³-hybridized carbons (Fsp3) is 0.235. The molecule has 0 aromatic carbocycles. The van der Waals surface area contributed by atoms with E-state index >= 15 is 0 Å². The zero-order valence-electron chi connectivity index (χ0n) is 12.8. The van der Waals surface area contributed by atoms with Crippen LogP contribution in [0.1, 0.15) is 16.8 Å². The third kappa shape index (κ3) is 2.86. The number of hydrogen-bond donors (Lipinski definition) is 1. The Balaban J connectivity index is 1.60. The maximum atomic E-state index is 12.4. The van der Waals surface area contributed by atoms with Crippen LogP contribution >= 0.6 is 11.6 Å². The van der Waals surface area contributed by atoms with Crippen LogP contribution in [0.25, 0.3) is 11.6 Å². The summed E-state index contributed by atoms with van der Waals surface area (Å²) in [6.07, 6.45) is 3.95. The lowest BCUT2D eigenvalue weighted by atomic mass is 10.1. The van der Waals surface area contributed by atoms with E-state index in [0.717, 1.165) is 17.8 Å². The average molecular weight is 343 g/mol. The van der Waals surface area contributed by atoms with Crippen LogP contribution in [-0.4, -0.2) is 26.4 Å². The summed E-state index contributed by atoms with van der Waals surface area (Å²) in [5, 5.41) is 0.503. The van der Waals surface area contributed by atoms with Crippen molar-refractivity contribution >= 4 is 11.6 Å². The van der Waals surface area contributed by atoms with Gasteiger partial charge in [-0.25, -0.2) is 9.97 Å². The summed E-state index contributed by atoms with van der Waals surface area (Å²) in [5.74, 6) is 1.05. The standard InChI is InChI=1S/C17H15ClN4O2/c18-15-11(3-1-6-19-15)9-22-7-5-13-12(10-22)17(23)21-16(20-13)14-4-2-8-24-14/h1-4,6,8H,5,7,9-10H2,(H,20,21,23). The van der Waals surface area contributed by atoms with Gasteiger partial charge in [-0.05, 0) is 18.2 Å². The van der Waals surface area contributed by atoms with Crippen molar-refractivity contribution in [3.8, 4) is 11.6 Å². The van der Waals surface area contributed by atoms with Gasteiger partial charge in [0.25, 0.3) is 5.56 Å². The first-order valence-corrected chi connectivity index (χ1v) is 8.06. The lowest BCUT2D eigenvalue weighted by Gasteiger charge is -2.27. The van der Waals surface area contributed by atoms with E-state index < -0.39 is 0 Å². The fourth-order valence-corrected chi connectivity index (χ4v) is 3.10. The van der Waals surface area contributed by atoms with Gasteiger partial charge in [0.05, 0.1) is 17.5 Å². The Morgan fingerprint density at radius 2 is 2.25 bits per heavy atom. The number of hydrogen-bond acceptors (Lipinski definition) is 5. The van der Waals surface area contributed by atoms with Crippen LogP contribution in [0.5, 0.6) is 0 Å². The molecule has 0 fully saturated rings. The molecular weight excluding hydrogens is 328 g/mol. The van der Waals surface area contributed by atoms with Crippen LogP contribution < -0.4 is 5.56 Å². The maximum Gasteiger partial charge on any atom is 0.256 e. The van der Waals surface area contributed by atoms with Gasteiger partial charge in [0, 0.05) is 37.8 Å². The number of aromatic nitrogens is 3. The van der Waals surface area contributed by atoms with E-state index in [1.807, 2.05) is 12.1 Å². The van der Waals surface area contributed by atoms with Gasteiger partial charge < -0.3 is 9.40 Å². The Bertz CT molecular complexity index is 921. The zero-order valence-corrected chi connectivity index (χ0v) is 13.6. The third-order valence-corrected chi connectivity index (χ3v) is 4.47. The number of rotatable bonds is 3. The molecule has 7 heteroatoms. The van der Waals surface area contributed by atoms with Gasteiger partial charge >= 0.3 is 0 Å². The molecule has 0 spiro atoms. The Morgan fingerprint density at radius 3 is 3.04 bits per heavy atom. The minimum absolute atomic E-state index is 0.117. The molecule has 0 amide bonds. The first kappa shape index (κ1) is 15.1. The molecule has 122 valence electrons. The summed E-state index contributed by atoms with van der Waals surface area (Å²) in [5.41, 5.74) is 2.38. The molecule has 24 heavy (non-hydrogen) atoms. The van der Waals surface area contributed by atoms with Crippen LogP contribution in [0.15, 0.2) is 45.9 Å². The van der Waals surface area contributed by atoms with Gasteiger partial charge in [-0.1, -0.05) is 17.7 Å². The van der Waals surface area contributed by atoms with Gasteiger partial charge in [0.2, 0.25) is 0 Å². The SMILES string of the molecule is O=c1[nH]c(-c2ccco2)nc2c1CN(Cc1cccnc1Cl)CC2. The molecular formula is C17H15ClN4O2. The maximum absolute atomic E-state index is 12.4. The van der Waals surface area contributed by atoms with Crippen molar-refractivity contribution in [2.45, 2.75) is 19.5 Å². The molecule has 0 aliphatic carbocycles. The minimum Gasteiger partial charge on any atom is -0.461 e. The van der Waals surface area contributed by atoms with Gasteiger partial charge in [-0.2, -0.15) is 0 Å². The second kappa shape index (κ2) is 6.22. The van der Waals surface area contributed by atoms with Crippen molar-refractivity contribution in [1.29, 1.82) is 0 Å². The smallest absolute Gasteiger partial charge is 0.256 e. The molecule has 4 heterocycles. The predicted molar refractivity (Wildman–Crippen MR) is 89.6 cm³/mol. The molecule has 0 atom stereocenters. The molecule has 0 saturated carbocycles. The fourth-order valence-electron chi connectivity index (χ4n) is 2.92. The quantitative estimate of drug-likeness (QED) is 0.741. The number of fused-ring (bicyclic) bond motifs is 1. The van der Waals surface area contributed by atoms with Crippen LogP contribution in [-0.2, 0) is 19.5 Å². The van der Waals surface area contributed by atoms with Crippen LogP contribution in [0.4, 0.5) is 0 Å². The second-order valence-corrected chi connectivity index (χ2v) is 6.09. The van der Waals surface area contributed by atoms with E-state index in [9.17, 15) is 4.79 Å². The molecule has 3 aromatic heterocycles. The number of nitrogens with one attached hydrogen (secondary N) is 1. The Kier molecular flexibility index (Phi) is 3.92. The zero-order chi connectivity index (χ0) is 16.5.